The van der Waals surface area contributed by atoms with Crippen molar-refractivity contribution >= 4 is 0 Å². The molecule has 92 valence electrons. The lowest BCUT2D eigenvalue weighted by molar-refractivity contribution is -0.0973. The van der Waals surface area contributed by atoms with Gasteiger partial charge in [0.25, 0.3) is 0 Å². The van der Waals surface area contributed by atoms with Gasteiger partial charge in [0, 0.05) is 0 Å². The van der Waals surface area contributed by atoms with Gasteiger partial charge < -0.3 is 5.11 Å². The first-order valence-corrected chi connectivity index (χ1v) is 7.08. The van der Waals surface area contributed by atoms with Gasteiger partial charge in [-0.2, -0.15) is 0 Å². The molecular formula is C15H26O. The number of fused-ring (bicyclic) bond motifs is 3. The molecule has 0 aromatic heterocycles. The van der Waals surface area contributed by atoms with Crippen molar-refractivity contribution in [2.24, 2.45) is 35.0 Å². The van der Waals surface area contributed by atoms with E-state index in [1.54, 1.807) is 0 Å². The Morgan fingerprint density at radius 1 is 1.00 bits per heavy atom. The van der Waals surface area contributed by atoms with Crippen LogP contribution in [-0.2, 0) is 0 Å². The van der Waals surface area contributed by atoms with Crippen molar-refractivity contribution in [1.82, 2.24) is 0 Å². The van der Waals surface area contributed by atoms with Crippen LogP contribution in [0.2, 0.25) is 0 Å². The van der Waals surface area contributed by atoms with E-state index in [-0.39, 0.29) is 5.60 Å². The predicted octanol–water partition coefficient (Wildman–Crippen LogP) is 3.47. The first-order valence-electron chi connectivity index (χ1n) is 7.08. The molecule has 6 atom stereocenters. The fourth-order valence-corrected chi connectivity index (χ4v) is 5.28. The van der Waals surface area contributed by atoms with Crippen molar-refractivity contribution in [2.75, 3.05) is 0 Å². The molecule has 0 unspecified atom stereocenters. The molecule has 0 bridgehead atoms. The number of hydrogen-bond acceptors (Lipinski definition) is 1. The van der Waals surface area contributed by atoms with E-state index in [1.165, 1.54) is 19.3 Å². The lowest BCUT2D eigenvalue weighted by atomic mass is 9.59. The number of rotatable bonds is 0. The van der Waals surface area contributed by atoms with Gasteiger partial charge in [0.2, 0.25) is 0 Å². The zero-order chi connectivity index (χ0) is 11.7. The van der Waals surface area contributed by atoms with Gasteiger partial charge in [-0.25, -0.2) is 0 Å². The summed E-state index contributed by atoms with van der Waals surface area (Å²) in [5, 5.41) is 10.6. The lowest BCUT2D eigenvalue weighted by Crippen LogP contribution is -2.48. The smallest absolute Gasteiger partial charge is 0.0650 e. The summed E-state index contributed by atoms with van der Waals surface area (Å²) in [6, 6.07) is 0. The molecule has 0 radical (unpaired) electrons. The van der Waals surface area contributed by atoms with Crippen LogP contribution < -0.4 is 0 Å². The first kappa shape index (κ1) is 11.1. The van der Waals surface area contributed by atoms with E-state index in [9.17, 15) is 5.11 Å². The van der Waals surface area contributed by atoms with Crippen LogP contribution in [0.15, 0.2) is 0 Å². The van der Waals surface area contributed by atoms with Crippen molar-refractivity contribution in [3.8, 4) is 0 Å². The fourth-order valence-electron chi connectivity index (χ4n) is 5.28. The minimum Gasteiger partial charge on any atom is -0.390 e. The van der Waals surface area contributed by atoms with Crippen LogP contribution >= 0.6 is 0 Å². The highest BCUT2D eigenvalue weighted by atomic mass is 16.3. The maximum Gasteiger partial charge on any atom is 0.0650 e. The highest BCUT2D eigenvalue weighted by molar-refractivity contribution is 5.15. The second-order valence-corrected chi connectivity index (χ2v) is 7.59. The Labute approximate surface area is 99.6 Å². The normalized spacial score (nSPS) is 58.7. The van der Waals surface area contributed by atoms with Crippen LogP contribution in [0.1, 0.15) is 53.4 Å². The zero-order valence-electron chi connectivity index (χ0n) is 11.2. The Morgan fingerprint density at radius 3 is 2.31 bits per heavy atom. The third-order valence-corrected chi connectivity index (χ3v) is 6.37. The van der Waals surface area contributed by atoms with Gasteiger partial charge in [0.15, 0.2) is 0 Å². The van der Waals surface area contributed by atoms with E-state index in [0.717, 1.165) is 30.1 Å². The Bertz CT molecular complexity index is 305. The van der Waals surface area contributed by atoms with Gasteiger partial charge in [0.1, 0.15) is 0 Å². The minimum atomic E-state index is -0.374. The summed E-state index contributed by atoms with van der Waals surface area (Å²) in [4.78, 5) is 0. The molecule has 0 aromatic carbocycles. The van der Waals surface area contributed by atoms with Gasteiger partial charge in [-0.3, -0.25) is 0 Å². The van der Waals surface area contributed by atoms with E-state index < -0.39 is 0 Å². The SMILES string of the molecule is C[C@@H]1CC[C@@](C)(O)[C@@H]2CC[C@@H]3[C@H]([C@@H]12)C3(C)C. The van der Waals surface area contributed by atoms with Crippen LogP contribution in [-0.4, -0.2) is 10.7 Å². The van der Waals surface area contributed by atoms with Crippen molar-refractivity contribution in [3.63, 3.8) is 0 Å². The monoisotopic (exact) mass is 222 g/mol. The molecule has 3 rings (SSSR count). The van der Waals surface area contributed by atoms with Gasteiger partial charge in [0.05, 0.1) is 5.60 Å². The van der Waals surface area contributed by atoms with Crippen molar-refractivity contribution in [2.45, 2.75) is 59.0 Å². The molecule has 16 heavy (non-hydrogen) atoms. The molecule has 1 heteroatoms. The number of aliphatic hydroxyl groups is 1. The second kappa shape index (κ2) is 3.04. The largest absolute Gasteiger partial charge is 0.390 e. The second-order valence-electron chi connectivity index (χ2n) is 7.59. The van der Waals surface area contributed by atoms with Gasteiger partial charge in [-0.05, 0) is 67.6 Å². The van der Waals surface area contributed by atoms with Crippen molar-refractivity contribution in [1.29, 1.82) is 0 Å². The summed E-state index contributed by atoms with van der Waals surface area (Å²) >= 11 is 0. The van der Waals surface area contributed by atoms with Crippen LogP contribution in [0.5, 0.6) is 0 Å². The standard InChI is InChI=1S/C15H26O/c1-9-7-8-15(4,16)10-5-6-11-13(12(9)10)14(11,2)3/h9-13,16H,5-8H2,1-4H3/t9-,10-,11-,12+,13-,15-/m1/s1. The van der Waals surface area contributed by atoms with Crippen molar-refractivity contribution in [3.05, 3.63) is 0 Å². The van der Waals surface area contributed by atoms with Gasteiger partial charge in [-0.1, -0.05) is 20.8 Å². The summed E-state index contributed by atoms with van der Waals surface area (Å²) in [6.45, 7) is 9.40. The van der Waals surface area contributed by atoms with Crippen molar-refractivity contribution < 1.29 is 5.11 Å². The quantitative estimate of drug-likeness (QED) is 0.665. The van der Waals surface area contributed by atoms with Crippen LogP contribution in [0, 0.1) is 35.0 Å². The maximum atomic E-state index is 10.6. The summed E-state index contributed by atoms with van der Waals surface area (Å²) < 4.78 is 0. The fraction of sp³-hybridized carbons (Fsp3) is 1.00. The Kier molecular flexibility index (Phi) is 2.11. The van der Waals surface area contributed by atoms with E-state index in [1.807, 2.05) is 0 Å². The first-order chi connectivity index (χ1) is 7.36. The summed E-state index contributed by atoms with van der Waals surface area (Å²) in [5.41, 5.74) is 0.196. The summed E-state index contributed by atoms with van der Waals surface area (Å²) in [5.74, 6) is 4.09. The predicted molar refractivity (Wildman–Crippen MR) is 66.0 cm³/mol. The molecule has 0 heterocycles. The minimum absolute atomic E-state index is 0.374. The van der Waals surface area contributed by atoms with Crippen LogP contribution in [0.25, 0.3) is 0 Å². The van der Waals surface area contributed by atoms with E-state index in [4.69, 9.17) is 0 Å². The van der Waals surface area contributed by atoms with E-state index in [2.05, 4.69) is 27.7 Å². The Morgan fingerprint density at radius 2 is 1.62 bits per heavy atom. The zero-order valence-corrected chi connectivity index (χ0v) is 11.2. The molecular weight excluding hydrogens is 196 g/mol. The Balaban J connectivity index is 1.91. The van der Waals surface area contributed by atoms with E-state index in [0.29, 0.717) is 11.3 Å². The van der Waals surface area contributed by atoms with E-state index >= 15 is 0 Å². The molecule has 3 saturated carbocycles. The molecule has 1 N–H and O–H groups in total. The third-order valence-electron chi connectivity index (χ3n) is 6.37. The molecule has 3 fully saturated rings. The maximum absolute atomic E-state index is 10.6. The summed E-state index contributed by atoms with van der Waals surface area (Å²) in [7, 11) is 0. The lowest BCUT2D eigenvalue weighted by Gasteiger charge is -2.48. The molecule has 1 nitrogen and oxygen atoms in total. The third kappa shape index (κ3) is 1.27. The van der Waals surface area contributed by atoms with Gasteiger partial charge in [-0.15, -0.1) is 0 Å². The number of hydrogen-bond donors (Lipinski definition) is 1. The molecule has 0 aliphatic heterocycles. The highest BCUT2D eigenvalue weighted by Crippen LogP contribution is 2.71. The average Bonchev–Trinajstić information content (AvgIpc) is 2.76. The molecule has 0 spiro atoms. The molecule has 0 aromatic rings. The molecule has 0 saturated heterocycles. The Hall–Kier alpha value is -0.0400. The topological polar surface area (TPSA) is 20.2 Å². The molecule has 0 amide bonds. The highest BCUT2D eigenvalue weighted by Gasteiger charge is 2.66. The molecule has 3 aliphatic rings. The summed E-state index contributed by atoms with van der Waals surface area (Å²) in [6.07, 6.45) is 4.88. The van der Waals surface area contributed by atoms with Gasteiger partial charge >= 0.3 is 0 Å². The van der Waals surface area contributed by atoms with Crippen LogP contribution in [0.4, 0.5) is 0 Å². The average molecular weight is 222 g/mol. The van der Waals surface area contributed by atoms with Crippen LogP contribution in [0.3, 0.4) is 0 Å². The molecule has 3 aliphatic carbocycles.